The maximum atomic E-state index is 12.3. The summed E-state index contributed by atoms with van der Waals surface area (Å²) in [6.45, 7) is 9.73. The molecule has 0 aliphatic carbocycles. The largest absolute Gasteiger partial charge is 0.316 e. The fourth-order valence-electron chi connectivity index (χ4n) is 11.8. The first-order valence-corrected chi connectivity index (χ1v) is 26.3. The molecule has 74 heavy (non-hydrogen) atoms. The summed E-state index contributed by atoms with van der Waals surface area (Å²) < 4.78 is 9.46. The lowest BCUT2D eigenvalue weighted by molar-refractivity contribution is 1.14. The maximum absolute atomic E-state index is 12.3. The van der Waals surface area contributed by atoms with Gasteiger partial charge in [-0.1, -0.05) is 194 Å². The first-order chi connectivity index (χ1) is 36.7. The molecule has 15 aromatic rings. The van der Waals surface area contributed by atoms with E-state index in [4.69, 9.17) is 4.85 Å². The van der Waals surface area contributed by atoms with E-state index in [-0.39, 0.29) is 0 Å². The number of thiophene rings is 2. The quantitative estimate of drug-likeness (QED) is 0.153. The molecule has 0 amide bonds. The molecule has 11 aromatic carbocycles. The van der Waals surface area contributed by atoms with Crippen LogP contribution in [0.15, 0.2) is 231 Å². The highest BCUT2D eigenvalue weighted by Crippen LogP contribution is 2.55. The minimum absolute atomic E-state index is 0.409. The van der Waals surface area contributed by atoms with Gasteiger partial charge in [0.1, 0.15) is 6.07 Å². The Kier molecular flexibility index (Phi) is 9.40. The Morgan fingerprint density at radius 3 is 1.28 bits per heavy atom. The predicted molar refractivity (Wildman–Crippen MR) is 314 cm³/mol. The monoisotopic (exact) mass is 974 g/mol. The molecule has 0 N–H and O–H groups in total. The molecular formula is C68H38N4S2. The van der Waals surface area contributed by atoms with Crippen molar-refractivity contribution in [2.75, 3.05) is 0 Å². The minimum atomic E-state index is 0.409. The number of nitriles is 1. The number of hydrogen-bond acceptors (Lipinski definition) is 3. The lowest BCUT2D eigenvalue weighted by Gasteiger charge is -2.26. The number of rotatable bonds is 6. The van der Waals surface area contributed by atoms with Crippen molar-refractivity contribution in [3.05, 3.63) is 248 Å². The SMILES string of the molecule is [C-]#[N+]c1c(-c2cccc(-c3ccccc3)c2)c(C#N)c(-n2c3ccccc3c3ccccc32)c(-c2cccc(-c3ccccc3)c2)c1-n1c2c(ccc3c4ccccc4sc32)c2ccc3c4ccccc4sc3c21. The van der Waals surface area contributed by atoms with Gasteiger partial charge in [-0.3, -0.25) is 0 Å². The molecule has 0 saturated carbocycles. The summed E-state index contributed by atoms with van der Waals surface area (Å²) in [5.41, 5.74) is 13.5. The van der Waals surface area contributed by atoms with E-state index in [1.807, 2.05) is 12.1 Å². The summed E-state index contributed by atoms with van der Waals surface area (Å²) in [5, 5.41) is 21.3. The van der Waals surface area contributed by atoms with Crippen LogP contribution in [-0.2, 0) is 0 Å². The summed E-state index contributed by atoms with van der Waals surface area (Å²) in [4.78, 5) is 4.76. The smallest absolute Gasteiger partial charge is 0.220 e. The van der Waals surface area contributed by atoms with Gasteiger partial charge in [0.25, 0.3) is 0 Å². The Balaban J connectivity index is 1.24. The van der Waals surface area contributed by atoms with Gasteiger partial charge in [-0.25, -0.2) is 4.85 Å². The van der Waals surface area contributed by atoms with Crippen LogP contribution in [0.4, 0.5) is 5.69 Å². The normalized spacial score (nSPS) is 11.8. The molecule has 0 unspecified atom stereocenters. The van der Waals surface area contributed by atoms with E-state index >= 15 is 0 Å². The zero-order valence-corrected chi connectivity index (χ0v) is 41.2. The fourth-order valence-corrected chi connectivity index (χ4v) is 14.3. The van der Waals surface area contributed by atoms with Crippen molar-refractivity contribution < 1.29 is 0 Å². The highest BCUT2D eigenvalue weighted by molar-refractivity contribution is 7.27. The van der Waals surface area contributed by atoms with E-state index in [0.29, 0.717) is 16.8 Å². The Bertz CT molecular complexity index is 4740. The van der Waals surface area contributed by atoms with Gasteiger partial charge in [-0.15, -0.1) is 22.7 Å². The molecule has 0 saturated heterocycles. The molecule has 0 atom stereocenters. The number of para-hydroxylation sites is 2. The van der Waals surface area contributed by atoms with Crippen LogP contribution in [0.1, 0.15) is 5.56 Å². The molecule has 4 heterocycles. The first kappa shape index (κ1) is 42.2. The van der Waals surface area contributed by atoms with Crippen LogP contribution in [-0.4, -0.2) is 9.13 Å². The summed E-state index contributed by atoms with van der Waals surface area (Å²) in [6.07, 6.45) is 0. The molecule has 4 nitrogen and oxygen atoms in total. The van der Waals surface area contributed by atoms with Crippen LogP contribution < -0.4 is 0 Å². The second-order valence-electron chi connectivity index (χ2n) is 18.9. The number of hydrogen-bond donors (Lipinski definition) is 0. The summed E-state index contributed by atoms with van der Waals surface area (Å²) in [6, 6.07) is 84.4. The zero-order valence-electron chi connectivity index (χ0n) is 39.5. The zero-order chi connectivity index (χ0) is 49.0. The van der Waals surface area contributed by atoms with Crippen LogP contribution in [0.3, 0.4) is 0 Å². The molecule has 4 aromatic heterocycles. The van der Waals surface area contributed by atoms with Gasteiger partial charge in [0, 0.05) is 63.6 Å². The molecule has 0 spiro atoms. The molecule has 6 heteroatoms. The van der Waals surface area contributed by atoms with E-state index in [1.165, 1.54) is 30.9 Å². The highest BCUT2D eigenvalue weighted by Gasteiger charge is 2.33. The van der Waals surface area contributed by atoms with Gasteiger partial charge in [0.15, 0.2) is 0 Å². The average molecular weight is 975 g/mol. The Morgan fingerprint density at radius 1 is 0.365 bits per heavy atom. The van der Waals surface area contributed by atoms with Gasteiger partial charge in [0.2, 0.25) is 5.69 Å². The van der Waals surface area contributed by atoms with Crippen LogP contribution >= 0.6 is 22.7 Å². The van der Waals surface area contributed by atoms with Crippen LogP contribution in [0, 0.1) is 17.9 Å². The topological polar surface area (TPSA) is 38.0 Å². The molecular weight excluding hydrogens is 937 g/mol. The second-order valence-corrected chi connectivity index (χ2v) is 21.0. The third kappa shape index (κ3) is 6.11. The van der Waals surface area contributed by atoms with E-state index in [9.17, 15) is 11.8 Å². The van der Waals surface area contributed by atoms with Crippen molar-refractivity contribution in [1.82, 2.24) is 9.13 Å². The molecule has 0 radical (unpaired) electrons. The standard InChI is InChI=1S/C68H38N4S2/c1-70-62-60(45-24-16-22-43(38-45)41-18-4-2-5-19-41)55(40-69)63(71-56-30-12-8-26-47(56)48-27-9-13-31-57(48)71)61(46-25-17-23-44(39-46)42-20-6-3-7-21-42)66(62)72-64-51(34-36-53-49-28-10-14-32-58(49)73-67(53)64)52-35-37-54-50-29-11-15-33-59(50)74-68(54)65(52)72/h2-39H. The fraction of sp³-hybridized carbons (Fsp3) is 0. The molecule has 0 bridgehead atoms. The van der Waals surface area contributed by atoms with E-state index in [2.05, 4.69) is 234 Å². The van der Waals surface area contributed by atoms with Gasteiger partial charge >= 0.3 is 0 Å². The number of nitrogens with zero attached hydrogens (tertiary/aromatic N) is 4. The maximum Gasteiger partial charge on any atom is 0.220 e. The molecule has 15 rings (SSSR count). The van der Waals surface area contributed by atoms with Crippen molar-refractivity contribution >= 4 is 112 Å². The van der Waals surface area contributed by atoms with E-state index < -0.39 is 0 Å². The summed E-state index contributed by atoms with van der Waals surface area (Å²) in [5.74, 6) is 0. The van der Waals surface area contributed by atoms with E-state index in [1.54, 1.807) is 22.7 Å². The van der Waals surface area contributed by atoms with Gasteiger partial charge in [0.05, 0.1) is 55.0 Å². The lowest BCUT2D eigenvalue weighted by atomic mass is 9.87. The third-order valence-corrected chi connectivity index (χ3v) is 17.4. The highest BCUT2D eigenvalue weighted by atomic mass is 32.1. The number of fused-ring (bicyclic) bond motifs is 14. The number of benzene rings is 11. The summed E-state index contributed by atoms with van der Waals surface area (Å²) >= 11 is 3.60. The van der Waals surface area contributed by atoms with Crippen LogP contribution in [0.25, 0.3) is 145 Å². The second kappa shape index (κ2) is 16.5. The minimum Gasteiger partial charge on any atom is -0.316 e. The first-order valence-electron chi connectivity index (χ1n) is 24.7. The predicted octanol–water partition coefficient (Wildman–Crippen LogP) is 19.7. The Hall–Kier alpha value is -9.56. The van der Waals surface area contributed by atoms with Gasteiger partial charge < -0.3 is 9.13 Å². The van der Waals surface area contributed by atoms with Gasteiger partial charge in [-0.2, -0.15) is 5.26 Å². The van der Waals surface area contributed by atoms with Crippen LogP contribution in [0.2, 0.25) is 0 Å². The molecule has 342 valence electrons. The molecule has 0 aliphatic rings. The third-order valence-electron chi connectivity index (χ3n) is 15.0. The van der Waals surface area contributed by atoms with Crippen LogP contribution in [0.5, 0.6) is 0 Å². The van der Waals surface area contributed by atoms with Crippen molar-refractivity contribution in [3.63, 3.8) is 0 Å². The van der Waals surface area contributed by atoms with E-state index in [0.717, 1.165) is 103 Å². The van der Waals surface area contributed by atoms with Crippen molar-refractivity contribution in [2.24, 2.45) is 0 Å². The Labute approximate surface area is 433 Å². The van der Waals surface area contributed by atoms with Crippen molar-refractivity contribution in [3.8, 4) is 62.0 Å². The molecule has 0 aliphatic heterocycles. The lowest BCUT2D eigenvalue weighted by Crippen LogP contribution is -2.09. The number of aromatic nitrogens is 2. The average Bonchev–Trinajstić information content (AvgIpc) is 4.23. The summed E-state index contributed by atoms with van der Waals surface area (Å²) in [7, 11) is 0. The molecule has 0 fully saturated rings. The van der Waals surface area contributed by atoms with Crippen molar-refractivity contribution in [1.29, 1.82) is 5.26 Å². The van der Waals surface area contributed by atoms with Gasteiger partial charge in [-0.05, 0) is 69.8 Å². The van der Waals surface area contributed by atoms with Crippen molar-refractivity contribution in [2.45, 2.75) is 0 Å². The Morgan fingerprint density at radius 2 is 0.784 bits per heavy atom.